The SMILES string of the molecule is COc1cccc([C@@H]2C3=C(Nc4nc(N)[nH]c(=O)c42)c2ccccc2C3=O)c1. The molecule has 4 N–H and O–H groups in total. The Kier molecular flexibility index (Phi) is 3.39. The Morgan fingerprint density at radius 2 is 1.86 bits per heavy atom. The zero-order chi connectivity index (χ0) is 19.4. The molecule has 3 aromatic rings. The number of carbonyl (C=O) groups excluding carboxylic acids is 1. The maximum absolute atomic E-state index is 13.3. The van der Waals surface area contributed by atoms with Crippen LogP contribution in [0.3, 0.4) is 0 Å². The summed E-state index contributed by atoms with van der Waals surface area (Å²) in [7, 11) is 1.58. The number of benzene rings is 2. The molecule has 1 atom stereocenters. The van der Waals surface area contributed by atoms with E-state index in [9.17, 15) is 9.59 Å². The number of Topliss-reactive ketones (excluding diaryl/α,β-unsaturated/α-hetero) is 1. The van der Waals surface area contributed by atoms with E-state index in [2.05, 4.69) is 15.3 Å². The van der Waals surface area contributed by atoms with Crippen molar-refractivity contribution in [2.75, 3.05) is 18.2 Å². The fourth-order valence-electron chi connectivity index (χ4n) is 3.99. The summed E-state index contributed by atoms with van der Waals surface area (Å²) in [6.45, 7) is 0. The van der Waals surface area contributed by atoms with Crippen LogP contribution >= 0.6 is 0 Å². The zero-order valence-electron chi connectivity index (χ0n) is 14.9. The number of ketones is 1. The number of fused-ring (bicyclic) bond motifs is 3. The van der Waals surface area contributed by atoms with Crippen molar-refractivity contribution in [2.24, 2.45) is 0 Å². The van der Waals surface area contributed by atoms with Crippen LogP contribution in [0.15, 0.2) is 58.9 Å². The molecule has 0 amide bonds. The monoisotopic (exact) mass is 372 g/mol. The second kappa shape index (κ2) is 5.82. The number of nitrogens with two attached hydrogens (primary N) is 1. The topological polar surface area (TPSA) is 110 Å². The molecule has 5 rings (SSSR count). The standard InChI is InChI=1S/C21H16N4O3/c1-28-11-6-4-5-10(9-11)14-15-17(12-7-2-3-8-13(12)18(15)26)23-19-16(14)20(27)25-21(22)24-19/h2-9,14H,1H3,(H4,22,23,24,25,27)/t14-/m1/s1. The molecule has 1 aliphatic carbocycles. The van der Waals surface area contributed by atoms with E-state index in [-0.39, 0.29) is 17.3 Å². The predicted molar refractivity (Wildman–Crippen MR) is 105 cm³/mol. The third-order valence-electron chi connectivity index (χ3n) is 5.18. The van der Waals surface area contributed by atoms with Gasteiger partial charge in [-0.15, -0.1) is 0 Å². The number of nitrogens with one attached hydrogen (secondary N) is 2. The highest BCUT2D eigenvalue weighted by molar-refractivity contribution is 6.23. The van der Waals surface area contributed by atoms with Gasteiger partial charge in [0.25, 0.3) is 5.56 Å². The lowest BCUT2D eigenvalue weighted by Crippen LogP contribution is -2.28. The van der Waals surface area contributed by atoms with E-state index in [1.165, 1.54) is 0 Å². The molecule has 138 valence electrons. The van der Waals surface area contributed by atoms with Crippen LogP contribution in [0.1, 0.15) is 33.0 Å². The summed E-state index contributed by atoms with van der Waals surface area (Å²) < 4.78 is 5.34. The highest BCUT2D eigenvalue weighted by atomic mass is 16.5. The first-order valence-corrected chi connectivity index (χ1v) is 8.77. The Balaban J connectivity index is 1.82. The average molecular weight is 372 g/mol. The van der Waals surface area contributed by atoms with Gasteiger partial charge in [-0.3, -0.25) is 14.6 Å². The van der Waals surface area contributed by atoms with Crippen LogP contribution in [0.4, 0.5) is 11.8 Å². The third-order valence-corrected chi connectivity index (χ3v) is 5.18. The second-order valence-electron chi connectivity index (χ2n) is 6.71. The summed E-state index contributed by atoms with van der Waals surface area (Å²) in [6, 6.07) is 14.7. The molecule has 1 aliphatic heterocycles. The number of anilines is 2. The van der Waals surface area contributed by atoms with Crippen LogP contribution in [-0.4, -0.2) is 22.9 Å². The molecule has 7 nitrogen and oxygen atoms in total. The summed E-state index contributed by atoms with van der Waals surface area (Å²) >= 11 is 0. The zero-order valence-corrected chi connectivity index (χ0v) is 14.9. The quantitative estimate of drug-likeness (QED) is 0.638. The van der Waals surface area contributed by atoms with Gasteiger partial charge in [0.15, 0.2) is 5.78 Å². The molecule has 2 aliphatic rings. The van der Waals surface area contributed by atoms with Crippen molar-refractivity contribution in [2.45, 2.75) is 5.92 Å². The van der Waals surface area contributed by atoms with Crippen molar-refractivity contribution in [1.82, 2.24) is 9.97 Å². The molecular formula is C21H16N4O3. The summed E-state index contributed by atoms with van der Waals surface area (Å²) in [6.07, 6.45) is 0. The van der Waals surface area contributed by atoms with Crippen molar-refractivity contribution in [3.05, 3.63) is 86.7 Å². The largest absolute Gasteiger partial charge is 0.497 e. The van der Waals surface area contributed by atoms with Gasteiger partial charge in [-0.2, -0.15) is 4.98 Å². The Hall–Kier alpha value is -3.87. The number of H-pyrrole nitrogens is 1. The number of aromatic amines is 1. The maximum Gasteiger partial charge on any atom is 0.258 e. The summed E-state index contributed by atoms with van der Waals surface area (Å²) in [4.78, 5) is 32.9. The first-order chi connectivity index (χ1) is 13.6. The molecule has 2 aromatic carbocycles. The third kappa shape index (κ3) is 2.19. The first-order valence-electron chi connectivity index (χ1n) is 8.77. The molecule has 28 heavy (non-hydrogen) atoms. The van der Waals surface area contributed by atoms with E-state index < -0.39 is 5.92 Å². The van der Waals surface area contributed by atoms with E-state index in [1.54, 1.807) is 13.2 Å². The fraction of sp³-hybridized carbons (Fsp3) is 0.0952. The van der Waals surface area contributed by atoms with Crippen molar-refractivity contribution in [3.63, 3.8) is 0 Å². The van der Waals surface area contributed by atoms with Gasteiger partial charge >= 0.3 is 0 Å². The Bertz CT molecular complexity index is 1240. The molecule has 0 unspecified atom stereocenters. The molecule has 2 heterocycles. The molecule has 0 fully saturated rings. The fourth-order valence-corrected chi connectivity index (χ4v) is 3.99. The van der Waals surface area contributed by atoms with Crippen molar-refractivity contribution >= 4 is 23.2 Å². The van der Waals surface area contributed by atoms with Crippen LogP contribution in [-0.2, 0) is 0 Å². The second-order valence-corrected chi connectivity index (χ2v) is 6.71. The van der Waals surface area contributed by atoms with Gasteiger partial charge in [0.1, 0.15) is 11.6 Å². The minimum atomic E-state index is -0.585. The summed E-state index contributed by atoms with van der Waals surface area (Å²) in [5.41, 5.74) is 9.11. The van der Waals surface area contributed by atoms with E-state index >= 15 is 0 Å². The van der Waals surface area contributed by atoms with Gasteiger partial charge in [0.2, 0.25) is 5.95 Å². The molecule has 7 heteroatoms. The van der Waals surface area contributed by atoms with E-state index in [4.69, 9.17) is 10.5 Å². The lowest BCUT2D eigenvalue weighted by molar-refractivity contribution is 0.103. The van der Waals surface area contributed by atoms with Crippen LogP contribution in [0.5, 0.6) is 5.75 Å². The summed E-state index contributed by atoms with van der Waals surface area (Å²) in [5.74, 6) is 0.327. The first kappa shape index (κ1) is 16.3. The summed E-state index contributed by atoms with van der Waals surface area (Å²) in [5, 5.41) is 3.17. The van der Waals surface area contributed by atoms with Crippen LogP contribution in [0.25, 0.3) is 5.70 Å². The Morgan fingerprint density at radius 3 is 2.64 bits per heavy atom. The Labute approximate surface area is 159 Å². The number of allylic oxidation sites excluding steroid dienone is 1. The average Bonchev–Trinajstić information content (AvgIpc) is 2.99. The molecule has 1 aromatic heterocycles. The van der Waals surface area contributed by atoms with Crippen molar-refractivity contribution in [1.29, 1.82) is 0 Å². The minimum absolute atomic E-state index is 0.0160. The van der Waals surface area contributed by atoms with Gasteiger partial charge in [-0.05, 0) is 17.7 Å². The highest BCUT2D eigenvalue weighted by Crippen LogP contribution is 2.47. The predicted octanol–water partition coefficient (Wildman–Crippen LogP) is 2.53. The highest BCUT2D eigenvalue weighted by Gasteiger charge is 2.42. The van der Waals surface area contributed by atoms with Gasteiger partial charge in [0.05, 0.1) is 18.4 Å². The minimum Gasteiger partial charge on any atom is -0.497 e. The number of nitrogens with zero attached hydrogens (tertiary/aromatic N) is 1. The number of rotatable bonds is 2. The Morgan fingerprint density at radius 1 is 1.07 bits per heavy atom. The van der Waals surface area contributed by atoms with E-state index in [0.717, 1.165) is 11.1 Å². The number of ether oxygens (including phenoxy) is 1. The van der Waals surface area contributed by atoms with Gasteiger partial charge in [-0.1, -0.05) is 36.4 Å². The number of methoxy groups -OCH3 is 1. The van der Waals surface area contributed by atoms with Crippen molar-refractivity contribution in [3.8, 4) is 5.75 Å². The maximum atomic E-state index is 13.3. The van der Waals surface area contributed by atoms with Gasteiger partial charge in [-0.25, -0.2) is 0 Å². The van der Waals surface area contributed by atoms with Crippen molar-refractivity contribution < 1.29 is 9.53 Å². The number of nitrogen functional groups attached to an aromatic ring is 1. The lowest BCUT2D eigenvalue weighted by Gasteiger charge is -2.27. The van der Waals surface area contributed by atoms with Crippen LogP contribution in [0, 0.1) is 0 Å². The number of hydrogen-bond acceptors (Lipinski definition) is 6. The molecule has 0 saturated heterocycles. The number of carbonyl (C=O) groups is 1. The smallest absolute Gasteiger partial charge is 0.258 e. The van der Waals surface area contributed by atoms with Crippen LogP contribution < -0.4 is 21.3 Å². The number of aromatic nitrogens is 2. The van der Waals surface area contributed by atoms with E-state index in [0.29, 0.717) is 34.0 Å². The molecule has 0 saturated carbocycles. The van der Waals surface area contributed by atoms with Gasteiger partial charge in [0, 0.05) is 22.6 Å². The molecular weight excluding hydrogens is 356 g/mol. The molecule has 0 bridgehead atoms. The van der Waals surface area contributed by atoms with Gasteiger partial charge < -0.3 is 15.8 Å². The normalized spacial score (nSPS) is 16.9. The van der Waals surface area contributed by atoms with Crippen LogP contribution in [0.2, 0.25) is 0 Å². The lowest BCUT2D eigenvalue weighted by atomic mass is 9.81. The molecule has 0 radical (unpaired) electrons. The molecule has 0 spiro atoms. The van der Waals surface area contributed by atoms with E-state index in [1.807, 2.05) is 42.5 Å². The number of hydrogen-bond donors (Lipinski definition) is 3.